The van der Waals surface area contributed by atoms with Gasteiger partial charge < -0.3 is 5.43 Å². The van der Waals surface area contributed by atoms with Gasteiger partial charge in [-0.05, 0) is 13.3 Å². The molecule has 1 radical (unpaired) electrons. The summed E-state index contributed by atoms with van der Waals surface area (Å²) in [6.45, 7) is 4.25. The monoisotopic (exact) mass is 138 g/mol. The molecule has 0 aromatic carbocycles. The normalized spacial score (nSPS) is 13.0. The average molecular weight is 138 g/mol. The van der Waals surface area contributed by atoms with Crippen LogP contribution in [0.15, 0.2) is 12.4 Å². The zero-order chi connectivity index (χ0) is 7.40. The van der Waals surface area contributed by atoms with E-state index in [0.717, 1.165) is 6.42 Å². The molecule has 55 valence electrons. The molecule has 1 aromatic heterocycles. The molecule has 1 heterocycles. The van der Waals surface area contributed by atoms with Crippen molar-refractivity contribution in [1.29, 1.82) is 0 Å². The zero-order valence-corrected chi connectivity index (χ0v) is 6.33. The number of nitrogens with one attached hydrogen (secondary N) is 1. The minimum absolute atomic E-state index is 0.477. The summed E-state index contributed by atoms with van der Waals surface area (Å²) in [7, 11) is 0. The largest absolute Gasteiger partial charge is 0.322 e. The van der Waals surface area contributed by atoms with E-state index in [1.807, 2.05) is 6.20 Å². The van der Waals surface area contributed by atoms with Gasteiger partial charge in [0.2, 0.25) is 0 Å². The van der Waals surface area contributed by atoms with Gasteiger partial charge in [0.1, 0.15) is 0 Å². The lowest BCUT2D eigenvalue weighted by atomic mass is 10.3. The van der Waals surface area contributed by atoms with Crippen LogP contribution in [0, 0.1) is 6.33 Å². The van der Waals surface area contributed by atoms with E-state index in [1.54, 1.807) is 10.9 Å². The van der Waals surface area contributed by atoms with E-state index in [0.29, 0.717) is 6.04 Å². The maximum Gasteiger partial charge on any atom is 0.196 e. The quantitative estimate of drug-likeness (QED) is 0.676. The minimum Gasteiger partial charge on any atom is -0.322 e. The molecular weight excluding hydrogens is 126 g/mol. The molecule has 1 atom stereocenters. The molecule has 1 unspecified atom stereocenters. The van der Waals surface area contributed by atoms with Gasteiger partial charge in [-0.3, -0.25) is 0 Å². The first-order valence-corrected chi connectivity index (χ1v) is 3.50. The van der Waals surface area contributed by atoms with Crippen LogP contribution in [0.1, 0.15) is 20.3 Å². The second-order valence-corrected chi connectivity index (χ2v) is 2.34. The van der Waals surface area contributed by atoms with Crippen molar-refractivity contribution >= 4 is 0 Å². The van der Waals surface area contributed by atoms with Gasteiger partial charge in [-0.25, -0.2) is 9.66 Å². The van der Waals surface area contributed by atoms with Crippen molar-refractivity contribution < 1.29 is 0 Å². The first-order chi connectivity index (χ1) is 4.83. The van der Waals surface area contributed by atoms with E-state index in [-0.39, 0.29) is 0 Å². The van der Waals surface area contributed by atoms with Crippen molar-refractivity contribution in [3.63, 3.8) is 0 Å². The van der Waals surface area contributed by atoms with Crippen LogP contribution in [0.5, 0.6) is 0 Å². The summed E-state index contributed by atoms with van der Waals surface area (Å²) in [4.78, 5) is 3.78. The molecule has 0 fully saturated rings. The van der Waals surface area contributed by atoms with Gasteiger partial charge in [0.15, 0.2) is 6.33 Å². The van der Waals surface area contributed by atoms with E-state index >= 15 is 0 Å². The number of hydrogen-bond donors (Lipinski definition) is 1. The molecule has 0 saturated carbocycles. The Morgan fingerprint density at radius 3 is 3.10 bits per heavy atom. The second-order valence-electron chi connectivity index (χ2n) is 2.34. The number of hydrogen-bond acceptors (Lipinski definition) is 2. The fourth-order valence-corrected chi connectivity index (χ4v) is 0.629. The van der Waals surface area contributed by atoms with E-state index in [2.05, 4.69) is 30.6 Å². The van der Waals surface area contributed by atoms with Gasteiger partial charge in [0.25, 0.3) is 0 Å². The highest BCUT2D eigenvalue weighted by Crippen LogP contribution is 1.90. The van der Waals surface area contributed by atoms with Gasteiger partial charge in [-0.15, -0.1) is 0 Å². The molecule has 0 bridgehead atoms. The number of imidazole rings is 1. The van der Waals surface area contributed by atoms with E-state index < -0.39 is 0 Å². The van der Waals surface area contributed by atoms with Crippen molar-refractivity contribution in [3.05, 3.63) is 18.7 Å². The number of rotatable bonds is 3. The van der Waals surface area contributed by atoms with Crippen molar-refractivity contribution in [3.8, 4) is 0 Å². The van der Waals surface area contributed by atoms with Crippen LogP contribution < -0.4 is 5.43 Å². The van der Waals surface area contributed by atoms with Gasteiger partial charge >= 0.3 is 0 Å². The Hall–Kier alpha value is -0.990. The smallest absolute Gasteiger partial charge is 0.196 e. The van der Waals surface area contributed by atoms with Crippen LogP contribution in [0.3, 0.4) is 0 Å². The summed E-state index contributed by atoms with van der Waals surface area (Å²) in [5, 5.41) is 0. The summed E-state index contributed by atoms with van der Waals surface area (Å²) >= 11 is 0. The molecular formula is C7H12N3. The molecule has 10 heavy (non-hydrogen) atoms. The fraction of sp³-hybridized carbons (Fsp3) is 0.571. The van der Waals surface area contributed by atoms with Gasteiger partial charge in [-0.2, -0.15) is 0 Å². The lowest BCUT2D eigenvalue weighted by Gasteiger charge is -2.11. The molecule has 1 aromatic rings. The Bertz CT molecular complexity index is 169. The molecule has 0 aliphatic carbocycles. The number of nitrogens with zero attached hydrogens (tertiary/aromatic N) is 2. The summed E-state index contributed by atoms with van der Waals surface area (Å²) in [6, 6.07) is 0.477. The van der Waals surface area contributed by atoms with Crippen LogP contribution in [0.4, 0.5) is 0 Å². The molecule has 1 rings (SSSR count). The van der Waals surface area contributed by atoms with Crippen molar-refractivity contribution in [2.45, 2.75) is 26.3 Å². The van der Waals surface area contributed by atoms with Crippen molar-refractivity contribution in [2.75, 3.05) is 5.43 Å². The topological polar surface area (TPSA) is 29.9 Å². The van der Waals surface area contributed by atoms with Gasteiger partial charge in [0.05, 0.1) is 0 Å². The van der Waals surface area contributed by atoms with Crippen LogP contribution in [-0.2, 0) is 0 Å². The van der Waals surface area contributed by atoms with Crippen LogP contribution in [0.25, 0.3) is 0 Å². The van der Waals surface area contributed by atoms with E-state index in [4.69, 9.17) is 0 Å². The maximum absolute atomic E-state index is 3.78. The first kappa shape index (κ1) is 7.12. The Kier molecular flexibility index (Phi) is 2.31. The highest BCUT2D eigenvalue weighted by Gasteiger charge is 1.95. The fourth-order valence-electron chi connectivity index (χ4n) is 0.629. The molecule has 0 aliphatic rings. The summed E-state index contributed by atoms with van der Waals surface area (Å²) in [5.41, 5.74) is 3.17. The molecule has 3 heteroatoms. The lowest BCUT2D eigenvalue weighted by Crippen LogP contribution is -2.23. The first-order valence-electron chi connectivity index (χ1n) is 3.50. The summed E-state index contributed by atoms with van der Waals surface area (Å²) in [5.74, 6) is 0. The SMILES string of the molecule is CCC(C)Nn1[c]ncc1. The Labute approximate surface area is 61.0 Å². The zero-order valence-electron chi connectivity index (χ0n) is 6.33. The Morgan fingerprint density at radius 1 is 1.80 bits per heavy atom. The predicted octanol–water partition coefficient (Wildman–Crippen LogP) is 1.03. The standard InChI is InChI=1S/C7H12N3/c1-3-7(2)9-10-5-4-8-6-10/h4-5,7,9H,3H2,1-2H3. The molecule has 1 N–H and O–H groups in total. The molecule has 0 saturated heterocycles. The summed E-state index contributed by atoms with van der Waals surface area (Å²) in [6.07, 6.45) is 7.40. The van der Waals surface area contributed by atoms with E-state index in [1.165, 1.54) is 0 Å². The van der Waals surface area contributed by atoms with Crippen molar-refractivity contribution in [2.24, 2.45) is 0 Å². The van der Waals surface area contributed by atoms with Gasteiger partial charge in [-0.1, -0.05) is 6.92 Å². The highest BCUT2D eigenvalue weighted by molar-refractivity contribution is 4.82. The lowest BCUT2D eigenvalue weighted by molar-refractivity contribution is 0.662. The van der Waals surface area contributed by atoms with Crippen LogP contribution >= 0.6 is 0 Å². The Morgan fingerprint density at radius 2 is 2.60 bits per heavy atom. The third-order valence-corrected chi connectivity index (χ3v) is 1.43. The van der Waals surface area contributed by atoms with Gasteiger partial charge in [0, 0.05) is 18.4 Å². The molecule has 3 nitrogen and oxygen atoms in total. The van der Waals surface area contributed by atoms with E-state index in [9.17, 15) is 0 Å². The third-order valence-electron chi connectivity index (χ3n) is 1.43. The van der Waals surface area contributed by atoms with Crippen molar-refractivity contribution in [1.82, 2.24) is 9.66 Å². The highest BCUT2D eigenvalue weighted by atomic mass is 15.4. The maximum atomic E-state index is 3.78. The molecule has 0 aliphatic heterocycles. The van der Waals surface area contributed by atoms with Crippen LogP contribution in [-0.4, -0.2) is 15.7 Å². The Balaban J connectivity index is 2.40. The molecule has 0 spiro atoms. The number of aromatic nitrogens is 2. The molecule has 0 amide bonds. The minimum atomic E-state index is 0.477. The third kappa shape index (κ3) is 1.76. The van der Waals surface area contributed by atoms with Crippen LogP contribution in [0.2, 0.25) is 0 Å². The second kappa shape index (κ2) is 3.25. The predicted molar refractivity (Wildman–Crippen MR) is 40.2 cm³/mol. The average Bonchev–Trinajstić information content (AvgIpc) is 2.40. The summed E-state index contributed by atoms with van der Waals surface area (Å²) < 4.78 is 1.74.